The van der Waals surface area contributed by atoms with Crippen LogP contribution in [0.2, 0.25) is 0 Å². The van der Waals surface area contributed by atoms with E-state index < -0.39 is 0 Å². The number of benzene rings is 1. The summed E-state index contributed by atoms with van der Waals surface area (Å²) in [6.07, 6.45) is 0. The molecule has 0 saturated heterocycles. The molecule has 0 spiro atoms. The summed E-state index contributed by atoms with van der Waals surface area (Å²) >= 11 is 4.94. The van der Waals surface area contributed by atoms with Crippen LogP contribution in [0, 0.1) is 5.41 Å². The molecule has 0 fully saturated rings. The fourth-order valence-electron chi connectivity index (χ4n) is 1.15. The van der Waals surface area contributed by atoms with Crippen molar-refractivity contribution in [2.75, 3.05) is 0 Å². The Morgan fingerprint density at radius 3 is 2.85 bits per heavy atom. The quantitative estimate of drug-likeness (QED) is 0.597. The van der Waals surface area contributed by atoms with Crippen LogP contribution in [-0.4, -0.2) is 5.84 Å². The van der Waals surface area contributed by atoms with E-state index in [1.807, 2.05) is 24.3 Å². The van der Waals surface area contributed by atoms with Gasteiger partial charge in [-0.3, -0.25) is 5.41 Å². The van der Waals surface area contributed by atoms with Crippen LogP contribution in [0.4, 0.5) is 0 Å². The second kappa shape index (κ2) is 3.12. The van der Waals surface area contributed by atoms with Gasteiger partial charge in [-0.1, -0.05) is 15.9 Å². The van der Waals surface area contributed by atoms with Gasteiger partial charge in [0.05, 0.1) is 4.88 Å². The van der Waals surface area contributed by atoms with Crippen molar-refractivity contribution in [3.63, 3.8) is 0 Å². The third-order valence-electron chi connectivity index (χ3n) is 1.74. The first kappa shape index (κ1) is 8.72. The molecule has 0 radical (unpaired) electrons. The minimum absolute atomic E-state index is 0.136. The lowest BCUT2D eigenvalue weighted by molar-refractivity contribution is 1.46. The van der Waals surface area contributed by atoms with Crippen LogP contribution in [0.5, 0.6) is 0 Å². The smallest absolute Gasteiger partial charge is 0.133 e. The number of amidine groups is 1. The lowest BCUT2D eigenvalue weighted by Gasteiger charge is -1.88. The molecule has 66 valence electrons. The molecule has 1 aromatic carbocycles. The zero-order valence-electron chi connectivity index (χ0n) is 6.67. The molecule has 0 saturated carbocycles. The van der Waals surface area contributed by atoms with Crippen molar-refractivity contribution in [1.82, 2.24) is 0 Å². The molecule has 0 unspecified atom stereocenters. The van der Waals surface area contributed by atoms with Crippen LogP contribution in [-0.2, 0) is 0 Å². The summed E-state index contributed by atoms with van der Waals surface area (Å²) in [7, 11) is 0. The van der Waals surface area contributed by atoms with E-state index in [9.17, 15) is 0 Å². The highest BCUT2D eigenvalue weighted by atomic mass is 79.9. The van der Waals surface area contributed by atoms with Crippen molar-refractivity contribution < 1.29 is 0 Å². The van der Waals surface area contributed by atoms with Gasteiger partial charge in [0.15, 0.2) is 0 Å². The highest BCUT2D eigenvalue weighted by molar-refractivity contribution is 9.10. The molecule has 0 aliphatic carbocycles. The maximum absolute atomic E-state index is 7.30. The van der Waals surface area contributed by atoms with E-state index in [0.717, 1.165) is 19.4 Å². The van der Waals surface area contributed by atoms with Crippen LogP contribution in [0.1, 0.15) is 4.88 Å². The molecule has 1 heterocycles. The summed E-state index contributed by atoms with van der Waals surface area (Å²) in [6, 6.07) is 7.98. The third-order valence-corrected chi connectivity index (χ3v) is 3.39. The average Bonchev–Trinajstić information content (AvgIpc) is 2.46. The Hall–Kier alpha value is -0.870. The first-order valence-corrected chi connectivity index (χ1v) is 5.31. The molecule has 2 rings (SSSR count). The summed E-state index contributed by atoms with van der Waals surface area (Å²) < 4.78 is 2.21. The Bertz CT molecular complexity index is 475. The van der Waals surface area contributed by atoms with Crippen molar-refractivity contribution in [2.45, 2.75) is 0 Å². The standard InChI is InChI=1S/C9H7BrN2S/c10-6-1-2-7-5(3-6)4-8(13-7)9(11)12/h1-4H,(H3,11,12). The first-order chi connectivity index (χ1) is 6.16. The zero-order valence-corrected chi connectivity index (χ0v) is 9.08. The molecule has 13 heavy (non-hydrogen) atoms. The van der Waals surface area contributed by atoms with E-state index >= 15 is 0 Å². The second-order valence-corrected chi connectivity index (χ2v) is 4.71. The molecule has 2 nitrogen and oxygen atoms in total. The lowest BCUT2D eigenvalue weighted by Crippen LogP contribution is -2.08. The van der Waals surface area contributed by atoms with Gasteiger partial charge in [0.1, 0.15) is 5.84 Å². The number of hydrogen-bond donors (Lipinski definition) is 2. The van der Waals surface area contributed by atoms with Crippen LogP contribution in [0.25, 0.3) is 10.1 Å². The number of rotatable bonds is 1. The van der Waals surface area contributed by atoms with Gasteiger partial charge in [-0.05, 0) is 29.7 Å². The molecule has 0 aliphatic heterocycles. The number of nitrogens with one attached hydrogen (secondary N) is 1. The summed E-state index contributed by atoms with van der Waals surface area (Å²) in [4.78, 5) is 0.827. The van der Waals surface area contributed by atoms with E-state index in [2.05, 4.69) is 15.9 Å². The molecule has 2 aromatic rings. The van der Waals surface area contributed by atoms with E-state index in [1.165, 1.54) is 0 Å². The van der Waals surface area contributed by atoms with E-state index in [0.29, 0.717) is 0 Å². The molecular formula is C9H7BrN2S. The Morgan fingerprint density at radius 2 is 2.15 bits per heavy atom. The Kier molecular flexibility index (Phi) is 2.09. The third kappa shape index (κ3) is 1.59. The zero-order chi connectivity index (χ0) is 9.42. The van der Waals surface area contributed by atoms with E-state index in [1.54, 1.807) is 11.3 Å². The van der Waals surface area contributed by atoms with E-state index in [4.69, 9.17) is 11.1 Å². The molecular weight excluding hydrogens is 248 g/mol. The van der Waals surface area contributed by atoms with Crippen molar-refractivity contribution in [3.8, 4) is 0 Å². The number of thiophene rings is 1. The number of fused-ring (bicyclic) bond motifs is 1. The fraction of sp³-hybridized carbons (Fsp3) is 0. The van der Waals surface area contributed by atoms with Gasteiger partial charge in [-0.25, -0.2) is 0 Å². The van der Waals surface area contributed by atoms with Crippen LogP contribution in [0.3, 0.4) is 0 Å². The van der Waals surface area contributed by atoms with Gasteiger partial charge in [0.2, 0.25) is 0 Å². The summed E-state index contributed by atoms with van der Waals surface area (Å²) in [5.41, 5.74) is 5.40. The van der Waals surface area contributed by atoms with Crippen molar-refractivity contribution in [3.05, 3.63) is 33.6 Å². The van der Waals surface area contributed by atoms with Gasteiger partial charge in [-0.15, -0.1) is 11.3 Å². The predicted octanol–water partition coefficient (Wildman–Crippen LogP) is 2.95. The maximum atomic E-state index is 7.30. The van der Waals surface area contributed by atoms with Crippen molar-refractivity contribution in [1.29, 1.82) is 5.41 Å². The van der Waals surface area contributed by atoms with Gasteiger partial charge in [0, 0.05) is 9.17 Å². The Labute approximate surface area is 88.0 Å². The van der Waals surface area contributed by atoms with Crippen LogP contribution < -0.4 is 5.73 Å². The van der Waals surface area contributed by atoms with Crippen molar-refractivity contribution in [2.24, 2.45) is 5.73 Å². The topological polar surface area (TPSA) is 49.9 Å². The summed E-state index contributed by atoms with van der Waals surface area (Å²) in [5, 5.41) is 8.43. The van der Waals surface area contributed by atoms with E-state index in [-0.39, 0.29) is 5.84 Å². The van der Waals surface area contributed by atoms with Gasteiger partial charge >= 0.3 is 0 Å². The second-order valence-electron chi connectivity index (χ2n) is 2.71. The molecule has 0 atom stereocenters. The maximum Gasteiger partial charge on any atom is 0.133 e. The molecule has 0 amide bonds. The molecule has 3 N–H and O–H groups in total. The Morgan fingerprint density at radius 1 is 1.38 bits per heavy atom. The molecule has 0 bridgehead atoms. The minimum Gasteiger partial charge on any atom is -0.383 e. The monoisotopic (exact) mass is 254 g/mol. The number of hydrogen-bond acceptors (Lipinski definition) is 2. The number of nitrogens with two attached hydrogens (primary N) is 1. The Balaban J connectivity index is 2.68. The fourth-order valence-corrected chi connectivity index (χ4v) is 2.43. The SMILES string of the molecule is N=C(N)c1cc2cc(Br)ccc2s1. The molecule has 1 aromatic heterocycles. The summed E-state index contributed by atoms with van der Waals surface area (Å²) in [6.45, 7) is 0. The van der Waals surface area contributed by atoms with Gasteiger partial charge < -0.3 is 5.73 Å². The van der Waals surface area contributed by atoms with Crippen molar-refractivity contribution >= 4 is 43.2 Å². The highest BCUT2D eigenvalue weighted by Crippen LogP contribution is 2.27. The molecule has 4 heteroatoms. The van der Waals surface area contributed by atoms with Gasteiger partial charge in [0.25, 0.3) is 0 Å². The summed E-state index contributed by atoms with van der Waals surface area (Å²) in [5.74, 6) is 0.136. The normalized spacial score (nSPS) is 10.5. The van der Waals surface area contributed by atoms with Crippen LogP contribution in [0.15, 0.2) is 28.7 Å². The minimum atomic E-state index is 0.136. The van der Waals surface area contributed by atoms with Crippen LogP contribution >= 0.6 is 27.3 Å². The average molecular weight is 255 g/mol. The lowest BCUT2D eigenvalue weighted by atomic mass is 10.2. The predicted molar refractivity (Wildman–Crippen MR) is 60.5 cm³/mol. The van der Waals surface area contributed by atoms with Gasteiger partial charge in [-0.2, -0.15) is 0 Å². The number of halogens is 1. The molecule has 0 aliphatic rings. The number of nitrogen functional groups attached to an aromatic ring is 1. The first-order valence-electron chi connectivity index (χ1n) is 3.70. The highest BCUT2D eigenvalue weighted by Gasteiger charge is 2.03. The largest absolute Gasteiger partial charge is 0.383 e.